The maximum atomic E-state index is 11.4. The van der Waals surface area contributed by atoms with Gasteiger partial charge >= 0.3 is 5.97 Å². The molecule has 0 aliphatic rings. The molecule has 0 bridgehead atoms. The van der Waals surface area contributed by atoms with Gasteiger partial charge in [0.15, 0.2) is 0 Å². The number of esters is 1. The lowest BCUT2D eigenvalue weighted by atomic mass is 10.1. The first-order chi connectivity index (χ1) is 6.75. The van der Waals surface area contributed by atoms with Crippen molar-refractivity contribution in [3.63, 3.8) is 0 Å². The van der Waals surface area contributed by atoms with E-state index in [1.54, 1.807) is 0 Å². The average molecular weight is 255 g/mol. The minimum absolute atomic E-state index is 0.365. The first-order valence-electron chi connectivity index (χ1n) is 4.23. The Bertz CT molecular complexity index is 319. The molecular weight excluding hydrogens is 244 g/mol. The monoisotopic (exact) mass is 254 g/mol. The summed E-state index contributed by atoms with van der Waals surface area (Å²) in [6.45, 7) is 4.05. The number of hydrogen-bond donors (Lipinski definition) is 0. The molecule has 1 aromatic rings. The molecule has 2 nitrogen and oxygen atoms in total. The normalized spacial score (nSPS) is 9.50. The molecule has 0 amide bonds. The minimum atomic E-state index is -0.365. The zero-order valence-corrected chi connectivity index (χ0v) is 9.29. The van der Waals surface area contributed by atoms with Crippen molar-refractivity contribution in [3.8, 4) is 0 Å². The van der Waals surface area contributed by atoms with Crippen molar-refractivity contribution in [2.45, 2.75) is 0 Å². The molecule has 0 saturated heterocycles. The molecule has 0 N–H and O–H groups in total. The van der Waals surface area contributed by atoms with E-state index in [0.717, 1.165) is 5.56 Å². The van der Waals surface area contributed by atoms with Gasteiger partial charge in [-0.3, -0.25) is 0 Å². The van der Waals surface area contributed by atoms with Crippen molar-refractivity contribution in [2.24, 2.45) is 0 Å². The predicted octanol–water partition coefficient (Wildman–Crippen LogP) is 2.64. The molecule has 0 aliphatic carbocycles. The zero-order chi connectivity index (χ0) is 10.4. The van der Waals surface area contributed by atoms with Crippen molar-refractivity contribution in [1.29, 1.82) is 0 Å². The highest BCUT2D eigenvalue weighted by Gasteiger charge is 2.09. The molecule has 0 heterocycles. The quantitative estimate of drug-likeness (QED) is 0.469. The van der Waals surface area contributed by atoms with E-state index >= 15 is 0 Å². The van der Waals surface area contributed by atoms with Gasteiger partial charge in [-0.05, 0) is 5.56 Å². The summed E-state index contributed by atoms with van der Waals surface area (Å²) in [4.78, 5) is 11.4. The summed E-state index contributed by atoms with van der Waals surface area (Å²) in [5, 5.41) is 0.640. The van der Waals surface area contributed by atoms with Crippen LogP contribution in [0.3, 0.4) is 0 Å². The first kappa shape index (κ1) is 11.0. The third-order valence-corrected chi connectivity index (χ3v) is 2.00. The summed E-state index contributed by atoms with van der Waals surface area (Å²) in [5.41, 5.74) is 1.19. The molecule has 0 spiro atoms. The van der Waals surface area contributed by atoms with E-state index in [2.05, 4.69) is 22.5 Å². The second kappa shape index (κ2) is 5.60. The van der Waals surface area contributed by atoms with Crippen LogP contribution >= 0.6 is 15.9 Å². The van der Waals surface area contributed by atoms with E-state index < -0.39 is 0 Å². The van der Waals surface area contributed by atoms with Crippen LogP contribution < -0.4 is 0 Å². The number of rotatable bonds is 4. The number of alkyl halides is 1. The third kappa shape index (κ3) is 3.00. The van der Waals surface area contributed by atoms with Gasteiger partial charge in [0.25, 0.3) is 0 Å². The number of carbonyl (C=O) groups excluding carboxylic acids is 1. The topological polar surface area (TPSA) is 26.3 Å². The van der Waals surface area contributed by atoms with E-state index in [9.17, 15) is 4.79 Å². The van der Waals surface area contributed by atoms with E-state index in [4.69, 9.17) is 4.74 Å². The molecule has 74 valence electrons. The fourth-order valence-corrected chi connectivity index (χ4v) is 1.14. The molecular formula is C11H11BrO2. The maximum Gasteiger partial charge on any atom is 0.338 e. The molecule has 1 aromatic carbocycles. The Morgan fingerprint density at radius 1 is 1.36 bits per heavy atom. The molecule has 0 aromatic heterocycles. The van der Waals surface area contributed by atoms with Gasteiger partial charge in [-0.15, -0.1) is 0 Å². The van der Waals surface area contributed by atoms with Crippen molar-refractivity contribution >= 4 is 27.5 Å². The second-order valence-electron chi connectivity index (χ2n) is 2.67. The summed E-state index contributed by atoms with van der Waals surface area (Å²) in [5.74, 6) is -0.365. The standard InChI is InChI=1S/C11H11BrO2/c1-9(11(13)14-8-7-12)10-5-3-2-4-6-10/h2-6H,1,7-8H2. The maximum absolute atomic E-state index is 11.4. The molecule has 3 heteroatoms. The fourth-order valence-electron chi connectivity index (χ4n) is 0.976. The Labute approximate surface area is 91.7 Å². The van der Waals surface area contributed by atoms with Crippen molar-refractivity contribution in [1.82, 2.24) is 0 Å². The van der Waals surface area contributed by atoms with Gasteiger partial charge in [-0.25, -0.2) is 4.79 Å². The van der Waals surface area contributed by atoms with Crippen LogP contribution in [0.5, 0.6) is 0 Å². The number of halogens is 1. The van der Waals surface area contributed by atoms with Gasteiger partial charge in [0, 0.05) is 5.33 Å². The lowest BCUT2D eigenvalue weighted by Crippen LogP contribution is -2.07. The molecule has 1 rings (SSSR count). The highest BCUT2D eigenvalue weighted by molar-refractivity contribution is 9.09. The van der Waals surface area contributed by atoms with Gasteiger partial charge in [-0.2, -0.15) is 0 Å². The molecule has 0 fully saturated rings. The molecule has 0 saturated carbocycles. The van der Waals surface area contributed by atoms with E-state index in [-0.39, 0.29) is 5.97 Å². The van der Waals surface area contributed by atoms with Gasteiger partial charge in [0.1, 0.15) is 6.61 Å². The van der Waals surface area contributed by atoms with Crippen LogP contribution in [0, 0.1) is 0 Å². The number of carbonyl (C=O) groups is 1. The van der Waals surface area contributed by atoms with E-state index in [0.29, 0.717) is 17.5 Å². The van der Waals surface area contributed by atoms with Gasteiger partial charge in [0.05, 0.1) is 5.57 Å². The Balaban J connectivity index is 2.62. The van der Waals surface area contributed by atoms with Crippen LogP contribution in [0.1, 0.15) is 5.56 Å². The van der Waals surface area contributed by atoms with Crippen LogP contribution in [0.4, 0.5) is 0 Å². The van der Waals surface area contributed by atoms with Gasteiger partial charge in [-0.1, -0.05) is 52.8 Å². The second-order valence-corrected chi connectivity index (χ2v) is 3.46. The number of hydrogen-bond acceptors (Lipinski definition) is 2. The van der Waals surface area contributed by atoms with Crippen LogP contribution in [-0.2, 0) is 9.53 Å². The van der Waals surface area contributed by atoms with Crippen molar-refractivity contribution in [2.75, 3.05) is 11.9 Å². The number of benzene rings is 1. The molecule has 0 unspecified atom stereocenters. The lowest BCUT2D eigenvalue weighted by molar-refractivity contribution is -0.135. The Morgan fingerprint density at radius 2 is 2.00 bits per heavy atom. The highest BCUT2D eigenvalue weighted by atomic mass is 79.9. The molecule has 0 aliphatic heterocycles. The Hall–Kier alpha value is -1.09. The lowest BCUT2D eigenvalue weighted by Gasteiger charge is -2.05. The van der Waals surface area contributed by atoms with Crippen molar-refractivity contribution < 1.29 is 9.53 Å². The molecule has 0 atom stereocenters. The van der Waals surface area contributed by atoms with Gasteiger partial charge in [0.2, 0.25) is 0 Å². The summed E-state index contributed by atoms with van der Waals surface area (Å²) < 4.78 is 4.92. The zero-order valence-electron chi connectivity index (χ0n) is 7.70. The summed E-state index contributed by atoms with van der Waals surface area (Å²) in [6, 6.07) is 9.27. The molecule has 14 heavy (non-hydrogen) atoms. The van der Waals surface area contributed by atoms with E-state index in [1.807, 2.05) is 30.3 Å². The highest BCUT2D eigenvalue weighted by Crippen LogP contribution is 2.12. The SMILES string of the molecule is C=C(C(=O)OCCBr)c1ccccc1. The third-order valence-electron chi connectivity index (χ3n) is 1.68. The molecule has 0 radical (unpaired) electrons. The largest absolute Gasteiger partial charge is 0.461 e. The van der Waals surface area contributed by atoms with Crippen LogP contribution in [0.2, 0.25) is 0 Å². The van der Waals surface area contributed by atoms with Gasteiger partial charge < -0.3 is 4.74 Å². The summed E-state index contributed by atoms with van der Waals surface area (Å²) in [6.07, 6.45) is 0. The minimum Gasteiger partial charge on any atom is -0.461 e. The van der Waals surface area contributed by atoms with Crippen LogP contribution in [0.25, 0.3) is 5.57 Å². The Kier molecular flexibility index (Phi) is 4.40. The smallest absolute Gasteiger partial charge is 0.338 e. The van der Waals surface area contributed by atoms with E-state index in [1.165, 1.54) is 0 Å². The van der Waals surface area contributed by atoms with Crippen LogP contribution in [-0.4, -0.2) is 17.9 Å². The predicted molar refractivity (Wildman–Crippen MR) is 60.2 cm³/mol. The number of ether oxygens (including phenoxy) is 1. The first-order valence-corrected chi connectivity index (χ1v) is 5.35. The average Bonchev–Trinajstić information content (AvgIpc) is 2.26. The summed E-state index contributed by atoms with van der Waals surface area (Å²) >= 11 is 3.18. The van der Waals surface area contributed by atoms with Crippen LogP contribution in [0.15, 0.2) is 36.9 Å². The summed E-state index contributed by atoms with van der Waals surface area (Å²) in [7, 11) is 0. The fraction of sp³-hybridized carbons (Fsp3) is 0.182. The Morgan fingerprint density at radius 3 is 2.57 bits per heavy atom. The van der Waals surface area contributed by atoms with Crippen molar-refractivity contribution in [3.05, 3.63) is 42.5 Å².